The van der Waals surface area contributed by atoms with Crippen molar-refractivity contribution in [2.75, 3.05) is 0 Å². The molecule has 0 amide bonds. The number of para-hydroxylation sites is 3. The van der Waals surface area contributed by atoms with E-state index in [-0.39, 0.29) is 0 Å². The van der Waals surface area contributed by atoms with E-state index in [1.807, 2.05) is 54.6 Å². The van der Waals surface area contributed by atoms with E-state index in [9.17, 15) is 0 Å². The molecule has 0 fully saturated rings. The van der Waals surface area contributed by atoms with Gasteiger partial charge in [-0.1, -0.05) is 66.7 Å². The predicted molar refractivity (Wildman–Crippen MR) is 163 cm³/mol. The van der Waals surface area contributed by atoms with Crippen molar-refractivity contribution < 1.29 is 13.5 Å². The summed E-state index contributed by atoms with van der Waals surface area (Å²) in [5.41, 5.74) is 6.13. The Balaban J connectivity index is 1.48. The van der Waals surface area contributed by atoms with Crippen molar-refractivity contribution in [2.45, 2.75) is 0 Å². The van der Waals surface area contributed by atoms with Crippen LogP contribution in [0.25, 0.3) is 49.4 Å². The molecular weight excluding hydrogens is 507 g/mol. The lowest BCUT2D eigenvalue weighted by molar-refractivity contribution is -0.555. The topological polar surface area (TPSA) is 46.8 Å². The fourth-order valence-corrected chi connectivity index (χ4v) is 7.23. The van der Waals surface area contributed by atoms with Gasteiger partial charge in [0, 0.05) is 62.2 Å². The number of nitrogens with zero attached hydrogens (tertiary/aromatic N) is 4. The van der Waals surface area contributed by atoms with Gasteiger partial charge in [-0.3, -0.25) is 0 Å². The molecule has 3 aliphatic rings. The second kappa shape index (κ2) is 7.34. The van der Waals surface area contributed by atoms with Gasteiger partial charge in [0.25, 0.3) is 5.82 Å². The van der Waals surface area contributed by atoms with Gasteiger partial charge in [0.1, 0.15) is 11.2 Å². The minimum absolute atomic E-state index is 0.782. The molecule has 10 rings (SSSR count). The third-order valence-electron chi connectivity index (χ3n) is 8.77. The van der Waals surface area contributed by atoms with Gasteiger partial charge in [-0.05, 0) is 47.5 Å². The van der Waals surface area contributed by atoms with Crippen LogP contribution in [0, 0.1) is 0 Å². The standard InChI is InChI=1S/C34H21BN4O2/c1-2-11-22(12-3-1)41-35-37-20-9-8-18-30(37)36-31-19-10-16-28(38(31)35)26-21-25-23-13-5-7-17-29(23)40-34(25)32-24-14-4-6-15-27(24)39(35)33(26)32/h1-21H. The third-order valence-corrected chi connectivity index (χ3v) is 8.77. The van der Waals surface area contributed by atoms with Gasteiger partial charge in [0.15, 0.2) is 0 Å². The number of allylic oxidation sites excluding steroid dienone is 2. The van der Waals surface area contributed by atoms with E-state index < -0.39 is 6.75 Å². The smallest absolute Gasteiger partial charge is 0.595 e. The molecule has 3 aliphatic heterocycles. The molecule has 192 valence electrons. The highest BCUT2D eigenvalue weighted by molar-refractivity contribution is 6.70. The zero-order chi connectivity index (χ0) is 26.7. The Morgan fingerprint density at radius 2 is 1.61 bits per heavy atom. The molecule has 1 unspecified atom stereocenters. The molecular formula is C34H21BN4O2. The van der Waals surface area contributed by atoms with Crippen LogP contribution >= 0.6 is 0 Å². The number of furan rings is 1. The highest BCUT2D eigenvalue weighted by Crippen LogP contribution is 2.49. The van der Waals surface area contributed by atoms with Crippen molar-refractivity contribution >= 4 is 67.8 Å². The summed E-state index contributed by atoms with van der Waals surface area (Å²) >= 11 is 0. The van der Waals surface area contributed by atoms with Crippen LogP contribution in [0.5, 0.6) is 5.75 Å². The summed E-state index contributed by atoms with van der Waals surface area (Å²) in [6.45, 7) is -2.15. The van der Waals surface area contributed by atoms with Gasteiger partial charge in [-0.2, -0.15) is 0 Å². The summed E-state index contributed by atoms with van der Waals surface area (Å²) in [4.78, 5) is 7.42. The molecule has 4 aromatic carbocycles. The van der Waals surface area contributed by atoms with Crippen LogP contribution in [-0.4, -0.2) is 21.9 Å². The van der Waals surface area contributed by atoms with Crippen LogP contribution in [0.3, 0.4) is 0 Å². The molecule has 0 saturated carbocycles. The first kappa shape index (κ1) is 21.3. The van der Waals surface area contributed by atoms with E-state index in [1.54, 1.807) is 0 Å². The van der Waals surface area contributed by atoms with E-state index in [0.717, 1.165) is 72.4 Å². The van der Waals surface area contributed by atoms with E-state index in [2.05, 4.69) is 86.7 Å². The molecule has 7 aromatic rings. The summed E-state index contributed by atoms with van der Waals surface area (Å²) in [5.74, 6) is 2.46. The van der Waals surface area contributed by atoms with Crippen molar-refractivity contribution in [3.8, 4) is 5.75 Å². The first-order valence-corrected chi connectivity index (χ1v) is 13.9. The molecule has 0 N–H and O–H groups in total. The van der Waals surface area contributed by atoms with Gasteiger partial charge in [0.05, 0.1) is 5.75 Å². The van der Waals surface area contributed by atoms with Crippen LogP contribution in [-0.2, 0) is 0 Å². The fraction of sp³-hybridized carbons (Fsp3) is 0. The Morgan fingerprint density at radius 3 is 2.54 bits per heavy atom. The van der Waals surface area contributed by atoms with Crippen LogP contribution in [0.4, 0.5) is 5.82 Å². The maximum atomic E-state index is 7.32. The number of pyridine rings is 1. The van der Waals surface area contributed by atoms with E-state index in [1.165, 1.54) is 0 Å². The van der Waals surface area contributed by atoms with Crippen molar-refractivity contribution in [3.63, 3.8) is 0 Å². The quantitative estimate of drug-likeness (QED) is 0.224. The van der Waals surface area contributed by atoms with E-state index in [4.69, 9.17) is 14.1 Å². The van der Waals surface area contributed by atoms with Crippen molar-refractivity contribution in [1.82, 2.24) is 9.29 Å². The summed E-state index contributed by atoms with van der Waals surface area (Å²) < 4.78 is 18.6. The number of benzene rings is 4. The zero-order valence-electron chi connectivity index (χ0n) is 21.8. The minimum Gasteiger partial charge on any atom is -0.641 e. The van der Waals surface area contributed by atoms with Gasteiger partial charge < -0.3 is 22.8 Å². The van der Waals surface area contributed by atoms with Crippen LogP contribution in [0.1, 0.15) is 5.56 Å². The molecule has 1 atom stereocenters. The highest BCUT2D eigenvalue weighted by Gasteiger charge is 2.58. The Kier molecular flexibility index (Phi) is 3.81. The lowest BCUT2D eigenvalue weighted by Gasteiger charge is -2.54. The number of hydrogen-bond donors (Lipinski definition) is 0. The van der Waals surface area contributed by atoms with Crippen molar-refractivity contribution in [1.29, 1.82) is 0 Å². The molecule has 0 bridgehead atoms. The molecule has 0 saturated heterocycles. The lowest BCUT2D eigenvalue weighted by atomic mass is 9.70. The summed E-state index contributed by atoms with van der Waals surface area (Å²) in [6.07, 6.45) is 8.43. The Bertz CT molecular complexity index is 2370. The van der Waals surface area contributed by atoms with Gasteiger partial charge in [-0.25, -0.2) is 0 Å². The molecule has 0 spiro atoms. The molecule has 3 aromatic heterocycles. The molecule has 0 aliphatic carbocycles. The van der Waals surface area contributed by atoms with Crippen LogP contribution < -0.4 is 9.13 Å². The fourth-order valence-electron chi connectivity index (χ4n) is 7.23. The van der Waals surface area contributed by atoms with E-state index in [0.29, 0.717) is 0 Å². The number of aromatic nitrogens is 2. The highest BCUT2D eigenvalue weighted by atomic mass is 16.5. The first-order valence-electron chi connectivity index (χ1n) is 13.9. The van der Waals surface area contributed by atoms with Gasteiger partial charge in [-0.15, -0.1) is 0 Å². The average molecular weight is 528 g/mol. The summed E-state index contributed by atoms with van der Waals surface area (Å²) in [6, 6.07) is 35.4. The number of aliphatic imine (C=N–C) groups is 1. The summed E-state index contributed by atoms with van der Waals surface area (Å²) in [7, 11) is 0. The van der Waals surface area contributed by atoms with Gasteiger partial charge in [0.2, 0.25) is 5.84 Å². The van der Waals surface area contributed by atoms with Crippen LogP contribution in [0.15, 0.2) is 137 Å². The number of rotatable bonds is 2. The number of amidine groups is 1. The number of fused-ring (bicyclic) bond motifs is 11. The van der Waals surface area contributed by atoms with Crippen LogP contribution in [0.2, 0.25) is 0 Å². The molecule has 0 radical (unpaired) electrons. The second-order valence-corrected chi connectivity index (χ2v) is 10.8. The Hall–Kier alpha value is -5.56. The van der Waals surface area contributed by atoms with Crippen molar-refractivity contribution in [2.24, 2.45) is 4.99 Å². The predicted octanol–water partition coefficient (Wildman–Crippen LogP) is 7.16. The van der Waals surface area contributed by atoms with Gasteiger partial charge >= 0.3 is 6.75 Å². The normalized spacial score (nSPS) is 18.5. The molecule has 41 heavy (non-hydrogen) atoms. The molecule has 6 nitrogen and oxygen atoms in total. The first-order chi connectivity index (χ1) is 20.3. The lowest BCUT2D eigenvalue weighted by Crippen LogP contribution is -2.84. The zero-order valence-corrected chi connectivity index (χ0v) is 21.8. The summed E-state index contributed by atoms with van der Waals surface area (Å²) in [5, 5.41) is 4.44. The maximum absolute atomic E-state index is 7.32. The largest absolute Gasteiger partial charge is 0.641 e. The maximum Gasteiger partial charge on any atom is 0.595 e. The monoisotopic (exact) mass is 528 g/mol. The SMILES string of the molecule is C1=CC2=Nc3cccc[n+]3[B-]3(Oc4ccccc4)N2C(=C1)c1cc2c4ccccc4oc2c2c4ccccc4n3c12. The Morgan fingerprint density at radius 1 is 0.805 bits per heavy atom. The molecule has 6 heterocycles. The molecule has 7 heteroatoms. The number of hydrogen-bond acceptors (Lipinski definition) is 4. The third kappa shape index (κ3) is 2.50. The second-order valence-electron chi connectivity index (χ2n) is 10.8. The minimum atomic E-state index is -2.15. The Labute approximate surface area is 234 Å². The van der Waals surface area contributed by atoms with Crippen molar-refractivity contribution in [3.05, 3.63) is 133 Å². The van der Waals surface area contributed by atoms with E-state index >= 15 is 0 Å². The average Bonchev–Trinajstić information content (AvgIpc) is 3.57.